The summed E-state index contributed by atoms with van der Waals surface area (Å²) in [5.74, 6) is 0.702. The van der Waals surface area contributed by atoms with Crippen molar-refractivity contribution >= 4 is 0 Å². The summed E-state index contributed by atoms with van der Waals surface area (Å²) in [5.41, 5.74) is 1.20. The minimum absolute atomic E-state index is 0.172. The molecule has 0 saturated heterocycles. The molecule has 0 saturated carbocycles. The average molecular weight is 208 g/mol. The third kappa shape index (κ3) is 4.79. The maximum Gasteiger partial charge on any atom is 0.213 e. The van der Waals surface area contributed by atoms with E-state index in [-0.39, 0.29) is 6.10 Å². The van der Waals surface area contributed by atoms with Crippen molar-refractivity contribution in [2.45, 2.75) is 46.4 Å². The molecule has 0 bridgehead atoms. The molecule has 15 heavy (non-hydrogen) atoms. The molecule has 0 spiro atoms. The molecule has 1 heterocycles. The Morgan fingerprint density at radius 2 is 2.07 bits per heavy atom. The van der Waals surface area contributed by atoms with Crippen LogP contribution >= 0.6 is 0 Å². The Kier molecular flexibility index (Phi) is 4.56. The van der Waals surface area contributed by atoms with Gasteiger partial charge in [0, 0.05) is 24.8 Å². The molecule has 0 radical (unpaired) electrons. The Morgan fingerprint density at radius 3 is 2.67 bits per heavy atom. The van der Waals surface area contributed by atoms with Gasteiger partial charge in [0.15, 0.2) is 0 Å². The van der Waals surface area contributed by atoms with E-state index >= 15 is 0 Å². The lowest BCUT2D eigenvalue weighted by Crippen LogP contribution is -2.21. The first-order valence-corrected chi connectivity index (χ1v) is 5.43. The number of hydrogen-bond donors (Lipinski definition) is 1. The molecular weight excluding hydrogens is 188 g/mol. The molecule has 1 N–H and O–H groups in total. The molecule has 3 heteroatoms. The van der Waals surface area contributed by atoms with Crippen LogP contribution in [0.5, 0.6) is 5.88 Å². The highest BCUT2D eigenvalue weighted by Crippen LogP contribution is 2.10. The molecule has 0 aliphatic carbocycles. The van der Waals surface area contributed by atoms with Crippen LogP contribution in [-0.4, -0.2) is 17.1 Å². The lowest BCUT2D eigenvalue weighted by Gasteiger charge is -2.11. The van der Waals surface area contributed by atoms with Gasteiger partial charge in [-0.3, -0.25) is 0 Å². The van der Waals surface area contributed by atoms with Crippen LogP contribution in [0.1, 0.15) is 33.3 Å². The van der Waals surface area contributed by atoms with Crippen LogP contribution in [0.25, 0.3) is 0 Å². The number of pyridine rings is 1. The molecule has 84 valence electrons. The van der Waals surface area contributed by atoms with E-state index in [4.69, 9.17) is 4.74 Å². The molecule has 3 nitrogen and oxygen atoms in total. The molecular formula is C12H20N2O. The summed E-state index contributed by atoms with van der Waals surface area (Å²) in [6, 6.07) is 4.48. The second-order valence-electron chi connectivity index (χ2n) is 4.20. The topological polar surface area (TPSA) is 34.2 Å². The van der Waals surface area contributed by atoms with Crippen LogP contribution in [0, 0.1) is 0 Å². The molecule has 0 unspecified atom stereocenters. The van der Waals surface area contributed by atoms with Gasteiger partial charge < -0.3 is 10.1 Å². The van der Waals surface area contributed by atoms with Gasteiger partial charge in [-0.15, -0.1) is 0 Å². The van der Waals surface area contributed by atoms with Gasteiger partial charge in [0.25, 0.3) is 0 Å². The van der Waals surface area contributed by atoms with E-state index in [9.17, 15) is 0 Å². The van der Waals surface area contributed by atoms with E-state index in [1.807, 2.05) is 26.0 Å². The Morgan fingerprint density at radius 1 is 1.33 bits per heavy atom. The molecule has 0 fully saturated rings. The molecule has 0 aliphatic heterocycles. The number of nitrogens with one attached hydrogen (secondary N) is 1. The first-order valence-electron chi connectivity index (χ1n) is 5.43. The first kappa shape index (κ1) is 12.0. The monoisotopic (exact) mass is 208 g/mol. The summed E-state index contributed by atoms with van der Waals surface area (Å²) in [6.07, 6.45) is 1.96. The highest BCUT2D eigenvalue weighted by Gasteiger charge is 2.01. The third-order valence-electron chi connectivity index (χ3n) is 1.87. The van der Waals surface area contributed by atoms with Gasteiger partial charge in [-0.2, -0.15) is 0 Å². The molecule has 1 aromatic rings. The summed E-state index contributed by atoms with van der Waals surface area (Å²) in [6.45, 7) is 9.12. The number of aromatic nitrogens is 1. The smallest absolute Gasteiger partial charge is 0.213 e. The quantitative estimate of drug-likeness (QED) is 0.806. The fourth-order valence-corrected chi connectivity index (χ4v) is 1.19. The second kappa shape index (κ2) is 5.71. The summed E-state index contributed by atoms with van der Waals surface area (Å²) >= 11 is 0. The van der Waals surface area contributed by atoms with Crippen molar-refractivity contribution in [3.8, 4) is 5.88 Å². The molecule has 0 aromatic carbocycles. The van der Waals surface area contributed by atoms with E-state index in [0.717, 1.165) is 6.54 Å². The minimum atomic E-state index is 0.172. The van der Waals surface area contributed by atoms with E-state index in [1.165, 1.54) is 5.56 Å². The molecule has 0 atom stereocenters. The standard InChI is InChI=1S/C12H20N2O/c1-9(2)14-8-11-5-6-13-12(7-11)15-10(3)4/h5-7,9-10,14H,8H2,1-4H3. The van der Waals surface area contributed by atoms with Crippen LogP contribution in [0.2, 0.25) is 0 Å². The van der Waals surface area contributed by atoms with Gasteiger partial charge in [-0.05, 0) is 25.5 Å². The Hall–Kier alpha value is -1.09. The van der Waals surface area contributed by atoms with Gasteiger partial charge in [0.1, 0.15) is 0 Å². The lowest BCUT2D eigenvalue weighted by molar-refractivity contribution is 0.232. The largest absolute Gasteiger partial charge is 0.475 e. The van der Waals surface area contributed by atoms with Crippen molar-refractivity contribution in [2.24, 2.45) is 0 Å². The van der Waals surface area contributed by atoms with Gasteiger partial charge >= 0.3 is 0 Å². The van der Waals surface area contributed by atoms with Crippen molar-refractivity contribution in [1.29, 1.82) is 0 Å². The van der Waals surface area contributed by atoms with Crippen LogP contribution in [0.4, 0.5) is 0 Å². The van der Waals surface area contributed by atoms with Crippen molar-refractivity contribution in [3.05, 3.63) is 23.9 Å². The average Bonchev–Trinajstić information content (AvgIpc) is 2.14. The number of hydrogen-bond acceptors (Lipinski definition) is 3. The zero-order chi connectivity index (χ0) is 11.3. The van der Waals surface area contributed by atoms with E-state index < -0.39 is 0 Å². The lowest BCUT2D eigenvalue weighted by atomic mass is 10.2. The summed E-state index contributed by atoms with van der Waals surface area (Å²) < 4.78 is 5.52. The highest BCUT2D eigenvalue weighted by molar-refractivity contribution is 5.20. The predicted molar refractivity (Wildman–Crippen MR) is 62.0 cm³/mol. The minimum Gasteiger partial charge on any atom is -0.475 e. The highest BCUT2D eigenvalue weighted by atomic mass is 16.5. The maximum absolute atomic E-state index is 5.52. The van der Waals surface area contributed by atoms with Crippen LogP contribution < -0.4 is 10.1 Å². The zero-order valence-electron chi connectivity index (χ0n) is 9.95. The van der Waals surface area contributed by atoms with Crippen molar-refractivity contribution < 1.29 is 4.74 Å². The van der Waals surface area contributed by atoms with Gasteiger partial charge in [0.05, 0.1) is 6.10 Å². The van der Waals surface area contributed by atoms with E-state index in [2.05, 4.69) is 24.1 Å². The number of ether oxygens (including phenoxy) is 1. The number of rotatable bonds is 5. The van der Waals surface area contributed by atoms with Crippen LogP contribution in [-0.2, 0) is 6.54 Å². The SMILES string of the molecule is CC(C)NCc1ccnc(OC(C)C)c1. The second-order valence-corrected chi connectivity index (χ2v) is 4.20. The summed E-state index contributed by atoms with van der Waals surface area (Å²) in [5, 5.41) is 3.36. The maximum atomic E-state index is 5.52. The van der Waals surface area contributed by atoms with Crippen molar-refractivity contribution in [2.75, 3.05) is 0 Å². The molecule has 0 amide bonds. The summed E-state index contributed by atoms with van der Waals surface area (Å²) in [7, 11) is 0. The van der Waals surface area contributed by atoms with Gasteiger partial charge in [-0.25, -0.2) is 4.98 Å². The van der Waals surface area contributed by atoms with Crippen molar-refractivity contribution in [1.82, 2.24) is 10.3 Å². The van der Waals surface area contributed by atoms with Crippen LogP contribution in [0.15, 0.2) is 18.3 Å². The fourth-order valence-electron chi connectivity index (χ4n) is 1.19. The van der Waals surface area contributed by atoms with E-state index in [1.54, 1.807) is 6.20 Å². The molecule has 0 aliphatic rings. The van der Waals surface area contributed by atoms with Gasteiger partial charge in [0.2, 0.25) is 5.88 Å². The molecule has 1 rings (SSSR count). The molecule has 1 aromatic heterocycles. The Bertz CT molecular complexity index is 297. The zero-order valence-corrected chi connectivity index (χ0v) is 9.95. The Labute approximate surface area is 91.9 Å². The third-order valence-corrected chi connectivity index (χ3v) is 1.87. The van der Waals surface area contributed by atoms with Crippen LogP contribution in [0.3, 0.4) is 0 Å². The fraction of sp³-hybridized carbons (Fsp3) is 0.583. The number of nitrogens with zero attached hydrogens (tertiary/aromatic N) is 1. The summed E-state index contributed by atoms with van der Waals surface area (Å²) in [4.78, 5) is 4.16. The van der Waals surface area contributed by atoms with Crippen molar-refractivity contribution in [3.63, 3.8) is 0 Å². The van der Waals surface area contributed by atoms with E-state index in [0.29, 0.717) is 11.9 Å². The Balaban J connectivity index is 2.57. The normalized spacial score (nSPS) is 11.1. The predicted octanol–water partition coefficient (Wildman–Crippen LogP) is 2.37. The first-order chi connectivity index (χ1) is 7.08. The van der Waals surface area contributed by atoms with Gasteiger partial charge in [-0.1, -0.05) is 13.8 Å².